The van der Waals surface area contributed by atoms with Crippen molar-refractivity contribution in [3.8, 4) is 5.75 Å². The molecule has 94 valence electrons. The third-order valence-electron chi connectivity index (χ3n) is 3.29. The van der Waals surface area contributed by atoms with Crippen LogP contribution >= 0.6 is 0 Å². The summed E-state index contributed by atoms with van der Waals surface area (Å²) >= 11 is 0. The summed E-state index contributed by atoms with van der Waals surface area (Å²) in [7, 11) is 0. The second-order valence-electron chi connectivity index (χ2n) is 4.47. The lowest BCUT2D eigenvalue weighted by molar-refractivity contribution is 0.357. The smallest absolute Gasteiger partial charge is 0.122 e. The van der Waals surface area contributed by atoms with Crippen molar-refractivity contribution in [2.45, 2.75) is 19.4 Å². The predicted octanol–water partition coefficient (Wildman–Crippen LogP) is 2.04. The van der Waals surface area contributed by atoms with E-state index in [2.05, 4.69) is 40.6 Å². The van der Waals surface area contributed by atoms with Gasteiger partial charge in [-0.15, -0.1) is 0 Å². The molecule has 1 aromatic heterocycles. The van der Waals surface area contributed by atoms with Crippen LogP contribution in [0.15, 0.2) is 30.5 Å². The Bertz CT molecular complexity index is 522. The Hall–Kier alpha value is -1.81. The normalized spacial score (nSPS) is 15.2. The number of aromatic nitrogens is 2. The monoisotopic (exact) mass is 243 g/mol. The number of fused-ring (bicyclic) bond motifs is 1. The van der Waals surface area contributed by atoms with Crippen LogP contribution < -0.4 is 10.1 Å². The molecule has 2 aromatic rings. The number of nitrogens with zero attached hydrogens (tertiary/aromatic N) is 1. The van der Waals surface area contributed by atoms with Crippen LogP contribution in [0.1, 0.15) is 29.8 Å². The molecule has 1 atom stereocenters. The maximum absolute atomic E-state index is 5.54. The van der Waals surface area contributed by atoms with Gasteiger partial charge in [0.1, 0.15) is 5.75 Å². The van der Waals surface area contributed by atoms with Gasteiger partial charge in [-0.05, 0) is 29.8 Å². The van der Waals surface area contributed by atoms with Crippen molar-refractivity contribution >= 4 is 0 Å². The molecule has 2 heterocycles. The number of hydrogen-bond acceptors (Lipinski definition) is 3. The number of hydrogen-bond donors (Lipinski definition) is 2. The molecule has 4 nitrogen and oxygen atoms in total. The molecule has 0 fully saturated rings. The molecule has 0 radical (unpaired) electrons. The van der Waals surface area contributed by atoms with Crippen molar-refractivity contribution in [2.75, 3.05) is 13.2 Å². The van der Waals surface area contributed by atoms with Crippen LogP contribution in [0.2, 0.25) is 0 Å². The van der Waals surface area contributed by atoms with Crippen LogP contribution in [0.3, 0.4) is 0 Å². The molecular weight excluding hydrogens is 226 g/mol. The SMILES string of the molecule is CCNC(c1ccc2c(c1)CCO2)c1ccn[nH]1. The van der Waals surface area contributed by atoms with Crippen LogP contribution in [-0.4, -0.2) is 23.3 Å². The molecule has 0 saturated heterocycles. The van der Waals surface area contributed by atoms with Crippen molar-refractivity contribution in [2.24, 2.45) is 0 Å². The van der Waals surface area contributed by atoms with Crippen LogP contribution in [-0.2, 0) is 6.42 Å². The molecule has 0 spiro atoms. The van der Waals surface area contributed by atoms with Gasteiger partial charge in [-0.2, -0.15) is 5.10 Å². The first-order valence-corrected chi connectivity index (χ1v) is 6.36. The Labute approximate surface area is 106 Å². The van der Waals surface area contributed by atoms with Gasteiger partial charge in [0.25, 0.3) is 0 Å². The summed E-state index contributed by atoms with van der Waals surface area (Å²) in [4.78, 5) is 0. The first-order valence-electron chi connectivity index (χ1n) is 6.36. The molecule has 1 aliphatic rings. The third-order valence-corrected chi connectivity index (χ3v) is 3.29. The molecular formula is C14H17N3O. The summed E-state index contributed by atoms with van der Waals surface area (Å²) in [6, 6.07) is 8.60. The van der Waals surface area contributed by atoms with E-state index >= 15 is 0 Å². The summed E-state index contributed by atoms with van der Waals surface area (Å²) in [5.74, 6) is 1.03. The van der Waals surface area contributed by atoms with E-state index in [1.165, 1.54) is 11.1 Å². The molecule has 0 aliphatic carbocycles. The Balaban J connectivity index is 1.95. The van der Waals surface area contributed by atoms with E-state index in [-0.39, 0.29) is 6.04 Å². The minimum atomic E-state index is 0.170. The molecule has 4 heteroatoms. The molecule has 0 saturated carbocycles. The van der Waals surface area contributed by atoms with E-state index in [1.807, 2.05) is 6.07 Å². The highest BCUT2D eigenvalue weighted by Crippen LogP contribution is 2.29. The molecule has 0 bridgehead atoms. The zero-order valence-corrected chi connectivity index (χ0v) is 10.4. The quantitative estimate of drug-likeness (QED) is 0.864. The van der Waals surface area contributed by atoms with Gasteiger partial charge in [0.2, 0.25) is 0 Å². The van der Waals surface area contributed by atoms with E-state index < -0.39 is 0 Å². The van der Waals surface area contributed by atoms with Crippen LogP contribution in [0.4, 0.5) is 0 Å². The lowest BCUT2D eigenvalue weighted by atomic mass is 10.0. The summed E-state index contributed by atoms with van der Waals surface area (Å²) < 4.78 is 5.54. The third kappa shape index (κ3) is 1.99. The summed E-state index contributed by atoms with van der Waals surface area (Å²) in [5, 5.41) is 10.6. The fourth-order valence-electron chi connectivity index (χ4n) is 2.42. The Morgan fingerprint density at radius 2 is 2.39 bits per heavy atom. The van der Waals surface area contributed by atoms with Gasteiger partial charge in [0.15, 0.2) is 0 Å². The van der Waals surface area contributed by atoms with Gasteiger partial charge in [0, 0.05) is 12.6 Å². The van der Waals surface area contributed by atoms with Gasteiger partial charge < -0.3 is 10.1 Å². The maximum Gasteiger partial charge on any atom is 0.122 e. The molecule has 1 aromatic carbocycles. The zero-order valence-electron chi connectivity index (χ0n) is 10.4. The van der Waals surface area contributed by atoms with Crippen LogP contribution in [0.5, 0.6) is 5.75 Å². The van der Waals surface area contributed by atoms with E-state index in [4.69, 9.17) is 4.74 Å². The van der Waals surface area contributed by atoms with Gasteiger partial charge >= 0.3 is 0 Å². The van der Waals surface area contributed by atoms with E-state index in [1.54, 1.807) is 6.20 Å². The molecule has 18 heavy (non-hydrogen) atoms. The maximum atomic E-state index is 5.54. The highest BCUT2D eigenvalue weighted by Gasteiger charge is 2.18. The fourth-order valence-corrected chi connectivity index (χ4v) is 2.42. The zero-order chi connectivity index (χ0) is 12.4. The summed E-state index contributed by atoms with van der Waals surface area (Å²) in [6.07, 6.45) is 2.79. The second kappa shape index (κ2) is 4.82. The van der Waals surface area contributed by atoms with E-state index in [0.29, 0.717) is 0 Å². The standard InChI is InChI=1S/C14H17N3O/c1-2-15-14(12-5-7-16-17-12)11-3-4-13-10(9-11)6-8-18-13/h3-5,7,9,14-15H,2,6,8H2,1H3,(H,16,17). The molecule has 2 N–H and O–H groups in total. The fraction of sp³-hybridized carbons (Fsp3) is 0.357. The number of aromatic amines is 1. The lowest BCUT2D eigenvalue weighted by Gasteiger charge is -2.17. The summed E-state index contributed by atoms with van der Waals surface area (Å²) in [6.45, 7) is 3.83. The average molecular weight is 243 g/mol. The predicted molar refractivity (Wildman–Crippen MR) is 69.7 cm³/mol. The van der Waals surface area contributed by atoms with Gasteiger partial charge in [0.05, 0.1) is 18.3 Å². The number of ether oxygens (including phenoxy) is 1. The van der Waals surface area contributed by atoms with Gasteiger partial charge in [-0.3, -0.25) is 5.10 Å². The Morgan fingerprint density at radius 3 is 3.17 bits per heavy atom. The first-order chi connectivity index (χ1) is 8.88. The number of benzene rings is 1. The van der Waals surface area contributed by atoms with Crippen LogP contribution in [0, 0.1) is 0 Å². The van der Waals surface area contributed by atoms with Gasteiger partial charge in [-0.1, -0.05) is 19.1 Å². The highest BCUT2D eigenvalue weighted by molar-refractivity contribution is 5.42. The second-order valence-corrected chi connectivity index (χ2v) is 4.47. The molecule has 3 rings (SSSR count). The lowest BCUT2D eigenvalue weighted by Crippen LogP contribution is -2.22. The van der Waals surface area contributed by atoms with E-state index in [0.717, 1.165) is 31.0 Å². The highest BCUT2D eigenvalue weighted by atomic mass is 16.5. The summed E-state index contributed by atoms with van der Waals surface area (Å²) in [5.41, 5.74) is 3.65. The largest absolute Gasteiger partial charge is 0.493 e. The van der Waals surface area contributed by atoms with Crippen molar-refractivity contribution in [3.63, 3.8) is 0 Å². The minimum Gasteiger partial charge on any atom is -0.493 e. The Kier molecular flexibility index (Phi) is 3.02. The van der Waals surface area contributed by atoms with Crippen molar-refractivity contribution in [3.05, 3.63) is 47.3 Å². The minimum absolute atomic E-state index is 0.170. The molecule has 1 unspecified atom stereocenters. The van der Waals surface area contributed by atoms with Crippen molar-refractivity contribution in [1.82, 2.24) is 15.5 Å². The average Bonchev–Trinajstić information content (AvgIpc) is 3.05. The first kappa shape index (κ1) is 11.3. The van der Waals surface area contributed by atoms with Crippen molar-refractivity contribution in [1.29, 1.82) is 0 Å². The molecule has 1 aliphatic heterocycles. The van der Waals surface area contributed by atoms with Crippen molar-refractivity contribution < 1.29 is 4.74 Å². The van der Waals surface area contributed by atoms with Crippen LogP contribution in [0.25, 0.3) is 0 Å². The number of nitrogens with one attached hydrogen (secondary N) is 2. The topological polar surface area (TPSA) is 49.9 Å². The molecule has 0 amide bonds. The van der Waals surface area contributed by atoms with Gasteiger partial charge in [-0.25, -0.2) is 0 Å². The number of rotatable bonds is 4. The number of H-pyrrole nitrogens is 1. The van der Waals surface area contributed by atoms with E-state index in [9.17, 15) is 0 Å². The Morgan fingerprint density at radius 1 is 1.44 bits per heavy atom.